The van der Waals surface area contributed by atoms with E-state index in [0.717, 1.165) is 12.1 Å². The van der Waals surface area contributed by atoms with Gasteiger partial charge in [-0.3, -0.25) is 9.59 Å². The summed E-state index contributed by atoms with van der Waals surface area (Å²) in [4.78, 5) is 25.5. The van der Waals surface area contributed by atoms with Crippen LogP contribution in [-0.4, -0.2) is 40.8 Å². The first-order valence-electron chi connectivity index (χ1n) is 9.15. The van der Waals surface area contributed by atoms with Gasteiger partial charge >= 0.3 is 5.97 Å². The number of rotatable bonds is 8. The highest BCUT2D eigenvalue weighted by Gasteiger charge is 2.32. The van der Waals surface area contributed by atoms with Gasteiger partial charge < -0.3 is 20.8 Å². The third-order valence-electron chi connectivity index (χ3n) is 5.12. The standard InChI is InChI=1S/C20H30N2O4/c1-13(19(25)26)10-17(23)15(21)11-20(2,3)12-18(24)22-9-8-14-6-4-5-7-16(14)22/h4-7,13,15,17,23H,8-12,21H2,1-3H3,(H,25,26)/t13-,15+,17+/m1/s1. The van der Waals surface area contributed by atoms with Crippen molar-refractivity contribution in [1.82, 2.24) is 0 Å². The average molecular weight is 362 g/mol. The molecule has 3 atom stereocenters. The van der Waals surface area contributed by atoms with E-state index in [1.54, 1.807) is 6.92 Å². The van der Waals surface area contributed by atoms with E-state index < -0.39 is 24.0 Å². The minimum absolute atomic E-state index is 0.0561. The van der Waals surface area contributed by atoms with E-state index in [9.17, 15) is 14.7 Å². The van der Waals surface area contributed by atoms with Gasteiger partial charge in [0.25, 0.3) is 0 Å². The minimum Gasteiger partial charge on any atom is -0.481 e. The average Bonchev–Trinajstić information content (AvgIpc) is 2.97. The summed E-state index contributed by atoms with van der Waals surface area (Å²) in [5, 5.41) is 19.2. The molecule has 2 rings (SSSR count). The van der Waals surface area contributed by atoms with E-state index in [-0.39, 0.29) is 17.7 Å². The number of hydrogen-bond donors (Lipinski definition) is 3. The van der Waals surface area contributed by atoms with Crippen LogP contribution < -0.4 is 10.6 Å². The Balaban J connectivity index is 1.93. The number of aliphatic carboxylic acids is 1. The summed E-state index contributed by atoms with van der Waals surface area (Å²) in [7, 11) is 0. The molecule has 1 aliphatic heterocycles. The highest BCUT2D eigenvalue weighted by molar-refractivity contribution is 5.95. The van der Waals surface area contributed by atoms with Crippen molar-refractivity contribution in [1.29, 1.82) is 0 Å². The molecule has 144 valence electrons. The maximum atomic E-state index is 12.8. The van der Waals surface area contributed by atoms with Crippen molar-refractivity contribution in [3.8, 4) is 0 Å². The number of anilines is 1. The van der Waals surface area contributed by atoms with Gasteiger partial charge in [0.15, 0.2) is 0 Å². The third kappa shape index (κ3) is 5.05. The maximum Gasteiger partial charge on any atom is 0.306 e. The zero-order valence-corrected chi connectivity index (χ0v) is 15.8. The number of fused-ring (bicyclic) bond motifs is 1. The van der Waals surface area contributed by atoms with Gasteiger partial charge in [-0.2, -0.15) is 0 Å². The zero-order chi connectivity index (χ0) is 19.5. The molecule has 0 aromatic heterocycles. The number of nitrogens with two attached hydrogens (primary N) is 1. The van der Waals surface area contributed by atoms with E-state index in [0.29, 0.717) is 19.4 Å². The van der Waals surface area contributed by atoms with Gasteiger partial charge in [0, 0.05) is 24.7 Å². The Labute approximate surface area is 155 Å². The molecule has 0 radical (unpaired) electrons. The maximum absolute atomic E-state index is 12.8. The predicted octanol–water partition coefficient (Wildman–Crippen LogP) is 2.18. The van der Waals surface area contributed by atoms with Crippen LogP contribution in [0.1, 0.15) is 45.6 Å². The van der Waals surface area contributed by atoms with Crippen molar-refractivity contribution >= 4 is 17.6 Å². The SMILES string of the molecule is C[C@H](C[C@H](O)[C@@H](N)CC(C)(C)CC(=O)N1CCc2ccccc21)C(=O)O. The Morgan fingerprint density at radius 3 is 2.62 bits per heavy atom. The molecule has 1 amide bonds. The van der Waals surface area contributed by atoms with Gasteiger partial charge in [-0.1, -0.05) is 39.0 Å². The number of carboxylic acid groups (broad SMARTS) is 1. The Morgan fingerprint density at radius 2 is 1.96 bits per heavy atom. The summed E-state index contributed by atoms with van der Waals surface area (Å²) >= 11 is 0. The Hall–Kier alpha value is -1.92. The molecule has 0 bridgehead atoms. The first kappa shape index (κ1) is 20.4. The second-order valence-corrected chi connectivity index (χ2v) is 8.18. The molecule has 0 fully saturated rings. The molecule has 0 saturated heterocycles. The fourth-order valence-corrected chi connectivity index (χ4v) is 3.59. The Bertz CT molecular complexity index is 659. The van der Waals surface area contributed by atoms with Crippen LogP contribution in [0.2, 0.25) is 0 Å². The number of carboxylic acids is 1. The Kier molecular flexibility index (Phi) is 6.42. The van der Waals surface area contributed by atoms with E-state index in [1.165, 1.54) is 5.56 Å². The summed E-state index contributed by atoms with van der Waals surface area (Å²) in [6.45, 7) is 6.16. The van der Waals surface area contributed by atoms with Crippen LogP contribution in [-0.2, 0) is 16.0 Å². The van der Waals surface area contributed by atoms with Crippen LogP contribution in [0.3, 0.4) is 0 Å². The largest absolute Gasteiger partial charge is 0.481 e. The lowest BCUT2D eigenvalue weighted by atomic mass is 9.80. The van der Waals surface area contributed by atoms with Crippen molar-refractivity contribution in [3.63, 3.8) is 0 Å². The van der Waals surface area contributed by atoms with E-state index in [4.69, 9.17) is 10.8 Å². The molecule has 26 heavy (non-hydrogen) atoms. The normalized spacial score (nSPS) is 17.5. The smallest absolute Gasteiger partial charge is 0.306 e. The fourth-order valence-electron chi connectivity index (χ4n) is 3.59. The molecule has 6 heteroatoms. The van der Waals surface area contributed by atoms with Gasteiger partial charge in [-0.15, -0.1) is 0 Å². The van der Waals surface area contributed by atoms with Gasteiger partial charge in [0.1, 0.15) is 0 Å². The summed E-state index contributed by atoms with van der Waals surface area (Å²) in [6, 6.07) is 7.37. The zero-order valence-electron chi connectivity index (χ0n) is 15.8. The summed E-state index contributed by atoms with van der Waals surface area (Å²) < 4.78 is 0. The summed E-state index contributed by atoms with van der Waals surface area (Å²) in [5.74, 6) is -1.54. The molecule has 1 aromatic rings. The van der Waals surface area contributed by atoms with Gasteiger partial charge in [-0.05, 0) is 36.3 Å². The molecule has 0 unspecified atom stereocenters. The third-order valence-corrected chi connectivity index (χ3v) is 5.12. The minimum atomic E-state index is -0.946. The highest BCUT2D eigenvalue weighted by Crippen LogP contribution is 2.33. The van der Waals surface area contributed by atoms with Crippen molar-refractivity contribution in [2.24, 2.45) is 17.1 Å². The van der Waals surface area contributed by atoms with Crippen LogP contribution >= 0.6 is 0 Å². The number of benzene rings is 1. The number of amides is 1. The second kappa shape index (κ2) is 8.18. The molecule has 1 aromatic carbocycles. The lowest BCUT2D eigenvalue weighted by Gasteiger charge is -2.31. The Morgan fingerprint density at radius 1 is 1.31 bits per heavy atom. The number of carbonyl (C=O) groups is 2. The molecule has 0 spiro atoms. The lowest BCUT2D eigenvalue weighted by Crippen LogP contribution is -2.42. The predicted molar refractivity (Wildman–Crippen MR) is 101 cm³/mol. The van der Waals surface area contributed by atoms with Crippen molar-refractivity contribution in [2.45, 2.75) is 58.6 Å². The number of carbonyl (C=O) groups excluding carboxylic acids is 1. The molecule has 4 N–H and O–H groups in total. The molecule has 0 saturated carbocycles. The molecular weight excluding hydrogens is 332 g/mol. The second-order valence-electron chi connectivity index (χ2n) is 8.18. The van der Waals surface area contributed by atoms with Crippen LogP contribution in [0.25, 0.3) is 0 Å². The van der Waals surface area contributed by atoms with Crippen molar-refractivity contribution < 1.29 is 19.8 Å². The van der Waals surface area contributed by atoms with Crippen molar-refractivity contribution in [3.05, 3.63) is 29.8 Å². The highest BCUT2D eigenvalue weighted by atomic mass is 16.4. The van der Waals surface area contributed by atoms with E-state index in [2.05, 4.69) is 0 Å². The lowest BCUT2D eigenvalue weighted by molar-refractivity contribution is -0.142. The number of aliphatic hydroxyl groups excluding tert-OH is 1. The first-order chi connectivity index (χ1) is 12.1. The summed E-state index contributed by atoms with van der Waals surface area (Å²) in [5.41, 5.74) is 7.87. The van der Waals surface area contributed by atoms with E-state index >= 15 is 0 Å². The number of hydrogen-bond acceptors (Lipinski definition) is 4. The van der Waals surface area contributed by atoms with Crippen molar-refractivity contribution in [2.75, 3.05) is 11.4 Å². The number of nitrogens with zero attached hydrogens (tertiary/aromatic N) is 1. The van der Waals surface area contributed by atoms with Crippen LogP contribution in [0.5, 0.6) is 0 Å². The summed E-state index contributed by atoms with van der Waals surface area (Å²) in [6.07, 6.45) is 0.856. The van der Waals surface area contributed by atoms with Gasteiger partial charge in [0.05, 0.1) is 12.0 Å². The molecule has 6 nitrogen and oxygen atoms in total. The molecule has 1 heterocycles. The van der Waals surface area contributed by atoms with Crippen LogP contribution in [0, 0.1) is 11.3 Å². The topological polar surface area (TPSA) is 104 Å². The first-order valence-corrected chi connectivity index (χ1v) is 9.15. The molecule has 1 aliphatic rings. The van der Waals surface area contributed by atoms with Crippen LogP contribution in [0.15, 0.2) is 24.3 Å². The monoisotopic (exact) mass is 362 g/mol. The number of para-hydroxylation sites is 1. The van der Waals surface area contributed by atoms with E-state index in [1.807, 2.05) is 43.0 Å². The molecule has 0 aliphatic carbocycles. The molecular formula is C20H30N2O4. The quantitative estimate of drug-likeness (QED) is 0.657. The fraction of sp³-hybridized carbons (Fsp3) is 0.600. The number of aliphatic hydroxyl groups is 1. The van der Waals surface area contributed by atoms with Gasteiger partial charge in [-0.25, -0.2) is 0 Å². The van der Waals surface area contributed by atoms with Gasteiger partial charge in [0.2, 0.25) is 5.91 Å². The van der Waals surface area contributed by atoms with Crippen LogP contribution in [0.4, 0.5) is 5.69 Å².